The van der Waals surface area contributed by atoms with E-state index >= 15 is 0 Å². The molecule has 1 heterocycles. The second kappa shape index (κ2) is 12.9. The highest BCUT2D eigenvalue weighted by molar-refractivity contribution is 7.13. The fourth-order valence-corrected chi connectivity index (χ4v) is 3.92. The maximum atomic E-state index is 12.6. The number of rotatable bonds is 12. The van der Waals surface area contributed by atoms with Gasteiger partial charge in [-0.2, -0.15) is 0 Å². The molecule has 1 aromatic heterocycles. The van der Waals surface area contributed by atoms with Crippen molar-refractivity contribution in [2.24, 2.45) is 10.7 Å². The van der Waals surface area contributed by atoms with E-state index in [0.717, 1.165) is 16.2 Å². The minimum absolute atomic E-state index is 0.0246. The number of carbonyl (C=O) groups excluding carboxylic acids is 1. The first-order valence-electron chi connectivity index (χ1n) is 11.2. The molecule has 1 amide bonds. The molecule has 0 saturated heterocycles. The molecule has 1 atom stereocenters. The van der Waals surface area contributed by atoms with Crippen molar-refractivity contribution in [1.29, 1.82) is 0 Å². The summed E-state index contributed by atoms with van der Waals surface area (Å²) in [6, 6.07) is 21.4. The summed E-state index contributed by atoms with van der Waals surface area (Å²) in [5, 5.41) is 15.9. The second-order valence-electron chi connectivity index (χ2n) is 7.69. The second-order valence-corrected chi connectivity index (χ2v) is 8.82. The first-order valence-corrected chi connectivity index (χ1v) is 12.0. The number of amides is 1. The molecule has 0 radical (unpaired) electrons. The molecule has 9 heteroatoms. The number of nitrogens with one attached hydrogen (secondary N) is 2. The third kappa shape index (κ3) is 7.85. The number of para-hydroxylation sites is 1. The van der Waals surface area contributed by atoms with Gasteiger partial charge in [0, 0.05) is 11.3 Å². The monoisotopic (exact) mass is 504 g/mol. The van der Waals surface area contributed by atoms with Crippen LogP contribution in [0, 0.1) is 0 Å². The Morgan fingerprint density at radius 1 is 1.11 bits per heavy atom. The van der Waals surface area contributed by atoms with E-state index in [1.165, 1.54) is 11.3 Å². The van der Waals surface area contributed by atoms with Gasteiger partial charge in [0.05, 0.1) is 12.1 Å². The zero-order chi connectivity index (χ0) is 25.9. The Bertz CT molecular complexity index is 1250. The van der Waals surface area contributed by atoms with E-state index in [4.69, 9.17) is 10.5 Å². The lowest BCUT2D eigenvalue weighted by Crippen LogP contribution is -2.38. The van der Waals surface area contributed by atoms with Crippen molar-refractivity contribution >= 4 is 29.0 Å². The summed E-state index contributed by atoms with van der Waals surface area (Å²) in [6.45, 7) is 5.69. The molecule has 2 aromatic carbocycles. The number of thiophene rings is 1. The zero-order valence-electron chi connectivity index (χ0n) is 19.8. The molecular formula is C27H28N4O4S. The van der Waals surface area contributed by atoms with Crippen LogP contribution in [-0.2, 0) is 22.6 Å². The Hall–Kier alpha value is -4.37. The maximum absolute atomic E-state index is 12.6. The van der Waals surface area contributed by atoms with Gasteiger partial charge in [0.25, 0.3) is 5.91 Å². The highest BCUT2D eigenvalue weighted by atomic mass is 32.1. The predicted molar refractivity (Wildman–Crippen MR) is 142 cm³/mol. The van der Waals surface area contributed by atoms with E-state index < -0.39 is 17.9 Å². The van der Waals surface area contributed by atoms with Crippen LogP contribution in [0.1, 0.15) is 17.4 Å². The fraction of sp³-hybridized carbons (Fsp3) is 0.148. The van der Waals surface area contributed by atoms with Crippen LogP contribution in [0.25, 0.3) is 0 Å². The smallest absolute Gasteiger partial charge is 0.326 e. The van der Waals surface area contributed by atoms with Crippen molar-refractivity contribution in [3.05, 3.63) is 107 Å². The van der Waals surface area contributed by atoms with Crippen molar-refractivity contribution < 1.29 is 19.4 Å². The summed E-state index contributed by atoms with van der Waals surface area (Å²) in [5.74, 6) is -0.670. The van der Waals surface area contributed by atoms with Crippen molar-refractivity contribution in [1.82, 2.24) is 10.6 Å². The van der Waals surface area contributed by atoms with Crippen molar-refractivity contribution in [2.45, 2.75) is 25.9 Å². The minimum Gasteiger partial charge on any atom is -0.480 e. The lowest BCUT2D eigenvalue weighted by molar-refractivity contribution is -0.139. The van der Waals surface area contributed by atoms with E-state index in [9.17, 15) is 14.7 Å². The molecule has 1 unspecified atom stereocenters. The number of nitrogens with zero attached hydrogens (tertiary/aromatic N) is 1. The van der Waals surface area contributed by atoms with Gasteiger partial charge < -0.3 is 26.2 Å². The molecule has 0 aliphatic rings. The average molecular weight is 505 g/mol. The van der Waals surface area contributed by atoms with Crippen LogP contribution in [-0.4, -0.2) is 28.9 Å². The third-order valence-electron chi connectivity index (χ3n) is 5.02. The molecule has 3 rings (SSSR count). The Morgan fingerprint density at radius 3 is 2.42 bits per heavy atom. The number of benzene rings is 2. The molecular weight excluding hydrogens is 476 g/mol. The molecule has 3 aromatic rings. The van der Waals surface area contributed by atoms with Gasteiger partial charge in [-0.15, -0.1) is 11.3 Å². The summed E-state index contributed by atoms with van der Waals surface area (Å²) < 4.78 is 5.79. The number of aliphatic carboxylic acids is 1. The molecule has 0 spiro atoms. The lowest BCUT2D eigenvalue weighted by atomic mass is 10.1. The predicted octanol–water partition coefficient (Wildman–Crippen LogP) is 4.22. The third-order valence-corrected chi connectivity index (χ3v) is 5.99. The minimum atomic E-state index is -1.03. The summed E-state index contributed by atoms with van der Waals surface area (Å²) in [7, 11) is 0. The number of hydrogen-bond acceptors (Lipinski definition) is 6. The van der Waals surface area contributed by atoms with E-state index in [1.807, 2.05) is 72.8 Å². The first-order chi connectivity index (χ1) is 17.4. The van der Waals surface area contributed by atoms with E-state index in [2.05, 4.69) is 22.2 Å². The van der Waals surface area contributed by atoms with Gasteiger partial charge in [0.2, 0.25) is 0 Å². The molecule has 36 heavy (non-hydrogen) atoms. The van der Waals surface area contributed by atoms with Gasteiger partial charge >= 0.3 is 5.97 Å². The van der Waals surface area contributed by atoms with Gasteiger partial charge in [-0.1, -0.05) is 55.1 Å². The SMILES string of the molecule is C=C(C(=O)NCc1ccc(Oc2ccccc2)s1)/C(N)=N\C(=C/C)NC(Cc1ccccc1)C(=O)O. The zero-order valence-corrected chi connectivity index (χ0v) is 20.6. The summed E-state index contributed by atoms with van der Waals surface area (Å²) in [6.07, 6.45) is 1.83. The van der Waals surface area contributed by atoms with Crippen molar-refractivity contribution in [3.8, 4) is 10.8 Å². The number of carboxylic acid groups (broad SMARTS) is 1. The number of amidine groups is 1. The summed E-state index contributed by atoms with van der Waals surface area (Å²) in [5.41, 5.74) is 6.84. The van der Waals surface area contributed by atoms with Crippen LogP contribution in [0.3, 0.4) is 0 Å². The maximum Gasteiger partial charge on any atom is 0.326 e. The van der Waals surface area contributed by atoms with Crippen LogP contribution in [0.2, 0.25) is 0 Å². The van der Waals surface area contributed by atoms with Crippen LogP contribution >= 0.6 is 11.3 Å². The molecule has 186 valence electrons. The molecule has 0 aliphatic carbocycles. The highest BCUT2D eigenvalue weighted by Gasteiger charge is 2.19. The molecule has 5 N–H and O–H groups in total. The molecule has 0 fully saturated rings. The molecule has 0 saturated carbocycles. The highest BCUT2D eigenvalue weighted by Crippen LogP contribution is 2.29. The number of carbonyl (C=O) groups is 2. The number of hydrogen-bond donors (Lipinski definition) is 4. The number of carboxylic acids is 1. The lowest BCUT2D eigenvalue weighted by Gasteiger charge is -2.16. The number of allylic oxidation sites excluding steroid dienone is 1. The van der Waals surface area contributed by atoms with Gasteiger partial charge in [-0.25, -0.2) is 9.79 Å². The van der Waals surface area contributed by atoms with Crippen LogP contribution in [0.15, 0.2) is 102 Å². The van der Waals surface area contributed by atoms with Gasteiger partial charge in [0.1, 0.15) is 23.4 Å². The van der Waals surface area contributed by atoms with Crippen molar-refractivity contribution in [2.75, 3.05) is 0 Å². The van der Waals surface area contributed by atoms with Crippen molar-refractivity contribution in [3.63, 3.8) is 0 Å². The fourth-order valence-electron chi connectivity index (χ4n) is 3.11. The van der Waals surface area contributed by atoms with E-state index in [1.54, 1.807) is 13.0 Å². The van der Waals surface area contributed by atoms with Crippen LogP contribution in [0.5, 0.6) is 10.8 Å². The Morgan fingerprint density at radius 2 is 1.78 bits per heavy atom. The molecule has 0 bridgehead atoms. The Kier molecular flexibility index (Phi) is 9.41. The topological polar surface area (TPSA) is 126 Å². The van der Waals surface area contributed by atoms with Gasteiger partial charge in [-0.3, -0.25) is 4.79 Å². The standard InChI is InChI=1S/C27H28N4O4S/c1-3-23(30-22(27(33)34)16-19-10-6-4-7-11-19)31-25(28)18(2)26(32)29-17-21-14-15-24(36-21)35-20-12-8-5-9-13-20/h3-15,22,30H,2,16-17H2,1H3,(H2,28,31)(H,29,32)(H,33,34)/b23-3-. The first kappa shape index (κ1) is 26.2. The normalized spacial score (nSPS) is 12.5. The summed E-state index contributed by atoms with van der Waals surface area (Å²) in [4.78, 5) is 29.4. The van der Waals surface area contributed by atoms with Crippen LogP contribution in [0.4, 0.5) is 0 Å². The van der Waals surface area contributed by atoms with Gasteiger partial charge in [-0.05, 0) is 42.8 Å². The molecule has 0 aliphatic heterocycles. The quantitative estimate of drug-likeness (QED) is 0.166. The summed E-state index contributed by atoms with van der Waals surface area (Å²) >= 11 is 1.41. The van der Waals surface area contributed by atoms with E-state index in [0.29, 0.717) is 5.06 Å². The van der Waals surface area contributed by atoms with Gasteiger partial charge in [0.15, 0.2) is 5.06 Å². The largest absolute Gasteiger partial charge is 0.480 e. The van der Waals surface area contributed by atoms with Crippen LogP contribution < -0.4 is 21.1 Å². The Labute approximate surface area is 213 Å². The Balaban J connectivity index is 1.55. The number of nitrogens with two attached hydrogens (primary N) is 1. The number of aliphatic imine (C=N–C) groups is 1. The average Bonchev–Trinajstić information content (AvgIpc) is 3.34. The van der Waals surface area contributed by atoms with E-state index in [-0.39, 0.29) is 30.2 Å². The molecule has 8 nitrogen and oxygen atoms in total. The number of ether oxygens (including phenoxy) is 1.